The molecule has 3 rings (SSSR count). The van der Waals surface area contributed by atoms with Gasteiger partial charge in [0.25, 0.3) is 0 Å². The Labute approximate surface area is 239 Å². The van der Waals surface area contributed by atoms with Crippen LogP contribution in [0.25, 0.3) is 10.9 Å². The zero-order valence-corrected chi connectivity index (χ0v) is 26.2. The standard InChI is InChI=1S/C32H45N3O4Si/c1-21(2)40(22(3)4,23(5)6)35-20-26(27-16-12-13-17-30(27)35)19-28(33-24(7)36)31(37)34-29(32(38)39-8)18-25-14-10-9-11-15-25/h9-17,20-23,28-29H,18-19H2,1-8H3,(H,33,36)(H,34,37)/t28-,29-/m0/s1. The molecule has 0 saturated heterocycles. The smallest absolute Gasteiger partial charge is 0.328 e. The van der Waals surface area contributed by atoms with Gasteiger partial charge in [0.15, 0.2) is 8.24 Å². The molecule has 2 N–H and O–H groups in total. The average Bonchev–Trinajstić information content (AvgIpc) is 3.25. The highest BCUT2D eigenvalue weighted by Crippen LogP contribution is 2.45. The molecule has 1 heterocycles. The number of amides is 2. The molecule has 0 aliphatic heterocycles. The van der Waals surface area contributed by atoms with Gasteiger partial charge in [-0.15, -0.1) is 0 Å². The maximum atomic E-state index is 13.6. The van der Waals surface area contributed by atoms with Crippen molar-refractivity contribution in [2.75, 3.05) is 7.11 Å². The van der Waals surface area contributed by atoms with Gasteiger partial charge in [0.2, 0.25) is 11.8 Å². The normalized spacial score (nSPS) is 13.5. The molecule has 0 spiro atoms. The lowest BCUT2D eigenvalue weighted by Crippen LogP contribution is -2.53. The van der Waals surface area contributed by atoms with Gasteiger partial charge in [-0.2, -0.15) is 0 Å². The van der Waals surface area contributed by atoms with E-state index in [0.717, 1.165) is 16.5 Å². The number of aromatic nitrogens is 1. The third kappa shape index (κ3) is 6.49. The highest BCUT2D eigenvalue weighted by atomic mass is 28.3. The Morgan fingerprint density at radius 2 is 1.38 bits per heavy atom. The summed E-state index contributed by atoms with van der Waals surface area (Å²) in [4.78, 5) is 38.5. The third-order valence-electron chi connectivity index (χ3n) is 8.19. The molecule has 0 saturated carbocycles. The Bertz CT molecular complexity index is 1290. The largest absolute Gasteiger partial charge is 0.467 e. The monoisotopic (exact) mass is 563 g/mol. The van der Waals surface area contributed by atoms with Gasteiger partial charge in [-0.25, -0.2) is 4.79 Å². The second-order valence-electron chi connectivity index (χ2n) is 11.6. The van der Waals surface area contributed by atoms with Crippen molar-refractivity contribution in [1.82, 2.24) is 14.9 Å². The number of nitrogens with zero attached hydrogens (tertiary/aromatic N) is 1. The zero-order chi connectivity index (χ0) is 29.6. The predicted octanol–water partition coefficient (Wildman–Crippen LogP) is 5.61. The summed E-state index contributed by atoms with van der Waals surface area (Å²) in [7, 11) is -0.773. The Kier molecular flexibility index (Phi) is 10.4. The molecule has 2 aromatic carbocycles. The van der Waals surface area contributed by atoms with Gasteiger partial charge in [0.1, 0.15) is 12.1 Å². The van der Waals surface area contributed by atoms with Crippen LogP contribution < -0.4 is 10.6 Å². The van der Waals surface area contributed by atoms with E-state index in [1.807, 2.05) is 36.4 Å². The number of hydrogen-bond acceptors (Lipinski definition) is 4. The molecule has 216 valence electrons. The topological polar surface area (TPSA) is 89.4 Å². The predicted molar refractivity (Wildman–Crippen MR) is 164 cm³/mol. The van der Waals surface area contributed by atoms with Crippen molar-refractivity contribution in [3.05, 3.63) is 71.9 Å². The van der Waals surface area contributed by atoms with Gasteiger partial charge in [0, 0.05) is 30.7 Å². The van der Waals surface area contributed by atoms with E-state index < -0.39 is 32.2 Å². The lowest BCUT2D eigenvalue weighted by atomic mass is 10.0. The molecule has 0 bridgehead atoms. The van der Waals surface area contributed by atoms with Crippen LogP contribution in [0.1, 0.15) is 59.6 Å². The van der Waals surface area contributed by atoms with E-state index >= 15 is 0 Å². The fourth-order valence-corrected chi connectivity index (χ4v) is 13.4. The van der Waals surface area contributed by atoms with E-state index in [0.29, 0.717) is 23.0 Å². The molecule has 0 radical (unpaired) electrons. The van der Waals surface area contributed by atoms with Crippen LogP contribution in [0.2, 0.25) is 16.6 Å². The molecule has 0 unspecified atom stereocenters. The summed E-state index contributed by atoms with van der Waals surface area (Å²) < 4.78 is 7.53. The maximum Gasteiger partial charge on any atom is 0.328 e. The van der Waals surface area contributed by atoms with Crippen LogP contribution >= 0.6 is 0 Å². The molecule has 2 amide bonds. The van der Waals surface area contributed by atoms with Crippen LogP contribution in [0.4, 0.5) is 0 Å². The van der Waals surface area contributed by atoms with Crippen molar-refractivity contribution < 1.29 is 19.1 Å². The number of benzene rings is 2. The molecule has 0 aliphatic carbocycles. The van der Waals surface area contributed by atoms with E-state index in [1.165, 1.54) is 19.6 Å². The quantitative estimate of drug-likeness (QED) is 0.221. The number of fused-ring (bicyclic) bond motifs is 1. The van der Waals surface area contributed by atoms with E-state index in [4.69, 9.17) is 4.74 Å². The molecule has 0 fully saturated rings. The van der Waals surface area contributed by atoms with E-state index in [9.17, 15) is 14.4 Å². The van der Waals surface area contributed by atoms with E-state index in [2.05, 4.69) is 80.8 Å². The Morgan fingerprint density at radius 1 is 0.800 bits per heavy atom. The zero-order valence-electron chi connectivity index (χ0n) is 25.2. The highest BCUT2D eigenvalue weighted by Gasteiger charge is 2.46. The second kappa shape index (κ2) is 13.3. The van der Waals surface area contributed by atoms with Crippen molar-refractivity contribution in [3.8, 4) is 0 Å². The fourth-order valence-electron chi connectivity index (χ4n) is 6.70. The minimum absolute atomic E-state index is 0.288. The first-order valence-corrected chi connectivity index (χ1v) is 16.4. The molecule has 40 heavy (non-hydrogen) atoms. The molecule has 0 aliphatic rings. The maximum absolute atomic E-state index is 13.6. The number of carbonyl (C=O) groups excluding carboxylic acids is 3. The first-order valence-electron chi connectivity index (χ1n) is 14.2. The number of hydrogen-bond donors (Lipinski definition) is 2. The van der Waals surface area contributed by atoms with E-state index in [-0.39, 0.29) is 12.3 Å². The van der Waals surface area contributed by atoms with Crippen LogP contribution in [0.15, 0.2) is 60.8 Å². The van der Waals surface area contributed by atoms with Crippen molar-refractivity contribution >= 4 is 36.9 Å². The summed E-state index contributed by atoms with van der Waals surface area (Å²) >= 11 is 0. The lowest BCUT2D eigenvalue weighted by Gasteiger charge is -2.44. The minimum Gasteiger partial charge on any atom is -0.467 e. The number of esters is 1. The van der Waals surface area contributed by atoms with E-state index in [1.54, 1.807) is 0 Å². The van der Waals surface area contributed by atoms with Crippen molar-refractivity contribution in [1.29, 1.82) is 0 Å². The van der Waals surface area contributed by atoms with Gasteiger partial charge < -0.3 is 19.6 Å². The molecular weight excluding hydrogens is 518 g/mol. The minimum atomic E-state index is -2.08. The number of rotatable bonds is 12. The SMILES string of the molecule is COC(=O)[C@H](Cc1ccccc1)NC(=O)[C@H](Cc1cn([Si](C(C)C)(C(C)C)C(C)C)c2ccccc12)NC(C)=O. The molecule has 2 atom stereocenters. The van der Waals surface area contributed by atoms with Crippen molar-refractivity contribution in [2.45, 2.75) is 90.0 Å². The lowest BCUT2D eigenvalue weighted by molar-refractivity contribution is -0.145. The van der Waals surface area contributed by atoms with Crippen LogP contribution in [-0.4, -0.2) is 49.4 Å². The summed E-state index contributed by atoms with van der Waals surface area (Å²) in [5.74, 6) is -1.26. The van der Waals surface area contributed by atoms with Crippen molar-refractivity contribution in [2.24, 2.45) is 0 Å². The summed E-state index contributed by atoms with van der Waals surface area (Å²) in [6, 6.07) is 16.1. The van der Waals surface area contributed by atoms with Gasteiger partial charge in [-0.05, 0) is 40.0 Å². The number of methoxy groups -OCH3 is 1. The molecule has 8 heteroatoms. The Morgan fingerprint density at radius 3 is 1.93 bits per heavy atom. The van der Waals surface area contributed by atoms with Gasteiger partial charge in [0.05, 0.1) is 7.11 Å². The van der Waals surface area contributed by atoms with Gasteiger partial charge in [-0.1, -0.05) is 90.1 Å². The molecule has 1 aromatic heterocycles. The summed E-state index contributed by atoms with van der Waals surface area (Å²) in [6.07, 6.45) is 2.81. The fraction of sp³-hybridized carbons (Fsp3) is 0.469. The van der Waals surface area contributed by atoms with Crippen LogP contribution in [0.3, 0.4) is 0 Å². The van der Waals surface area contributed by atoms with Crippen molar-refractivity contribution in [3.63, 3.8) is 0 Å². The third-order valence-corrected chi connectivity index (χ3v) is 14.9. The molecule has 3 aromatic rings. The van der Waals surface area contributed by atoms with Crippen LogP contribution in [0, 0.1) is 0 Å². The molecule has 7 nitrogen and oxygen atoms in total. The Balaban J connectivity index is 2.02. The van der Waals surface area contributed by atoms with Gasteiger partial charge >= 0.3 is 5.97 Å². The first-order chi connectivity index (χ1) is 18.9. The van der Waals surface area contributed by atoms with Crippen LogP contribution in [0.5, 0.6) is 0 Å². The Hall–Kier alpha value is -3.39. The number of nitrogens with one attached hydrogen (secondary N) is 2. The average molecular weight is 564 g/mol. The summed E-state index contributed by atoms with van der Waals surface area (Å²) in [5.41, 5.74) is 4.53. The van der Waals surface area contributed by atoms with Gasteiger partial charge in [-0.3, -0.25) is 9.59 Å². The number of ether oxygens (including phenoxy) is 1. The number of carbonyl (C=O) groups is 3. The molecular formula is C32H45N3O4Si. The highest BCUT2D eigenvalue weighted by molar-refractivity contribution is 6.82. The number of para-hydroxylation sites is 1. The second-order valence-corrected chi connectivity index (χ2v) is 17.3. The van der Waals surface area contributed by atoms with Crippen LogP contribution in [-0.2, 0) is 32.0 Å². The summed E-state index contributed by atoms with van der Waals surface area (Å²) in [5, 5.41) is 6.77. The summed E-state index contributed by atoms with van der Waals surface area (Å²) in [6.45, 7) is 15.4. The first kappa shape index (κ1) is 31.1.